The molecule has 196 valence electrons. The molecule has 2 aromatic rings. The number of rotatable bonds is 3. The topological polar surface area (TPSA) is 36.0 Å². The molecule has 36 heavy (non-hydrogen) atoms. The summed E-state index contributed by atoms with van der Waals surface area (Å²) in [4.78, 5) is 19.0. The van der Waals surface area contributed by atoms with Gasteiger partial charge in [0.15, 0.2) is 5.76 Å². The number of halogens is 4. The lowest BCUT2D eigenvalue weighted by Crippen LogP contribution is -2.45. The molecule has 2 aliphatic heterocycles. The van der Waals surface area contributed by atoms with Crippen LogP contribution in [0.3, 0.4) is 0 Å². The number of likely N-dealkylation sites (N-methyl/N-ethyl adjacent to an activating group) is 1. The molecule has 0 bridgehead atoms. The minimum absolute atomic E-state index is 0. The van der Waals surface area contributed by atoms with E-state index in [0.717, 1.165) is 24.7 Å². The van der Waals surface area contributed by atoms with Crippen molar-refractivity contribution < 1.29 is 22.7 Å². The molecule has 0 saturated carbocycles. The van der Waals surface area contributed by atoms with E-state index in [0.29, 0.717) is 31.0 Å². The Labute approximate surface area is 216 Å². The van der Waals surface area contributed by atoms with Crippen LogP contribution in [0.5, 0.6) is 0 Å². The molecular weight excluding hydrogens is 491 g/mol. The highest BCUT2D eigenvalue weighted by Crippen LogP contribution is 2.38. The molecule has 2 heterocycles. The summed E-state index contributed by atoms with van der Waals surface area (Å²) in [7, 11) is 1.99. The van der Waals surface area contributed by atoms with Crippen molar-refractivity contribution in [3.8, 4) is 0 Å². The highest BCUT2D eigenvalue weighted by molar-refractivity contribution is 6.08. The van der Waals surface area contributed by atoms with Crippen molar-refractivity contribution in [2.24, 2.45) is 0 Å². The van der Waals surface area contributed by atoms with Gasteiger partial charge in [-0.05, 0) is 48.4 Å². The van der Waals surface area contributed by atoms with E-state index >= 15 is 0 Å². The van der Waals surface area contributed by atoms with Crippen molar-refractivity contribution in [1.82, 2.24) is 4.90 Å². The fraction of sp³-hybridized carbons (Fsp3) is 0.444. The molecule has 0 N–H and O–H groups in total. The fourth-order valence-corrected chi connectivity index (χ4v) is 4.44. The van der Waals surface area contributed by atoms with Crippen LogP contribution in [0, 0.1) is 0 Å². The minimum atomic E-state index is -4.56. The fourth-order valence-electron chi connectivity index (χ4n) is 4.44. The van der Waals surface area contributed by atoms with Gasteiger partial charge >= 0.3 is 6.18 Å². The van der Waals surface area contributed by atoms with Crippen molar-refractivity contribution >= 4 is 35.8 Å². The molecule has 2 fully saturated rings. The Kier molecular flexibility index (Phi) is 8.30. The average molecular weight is 524 g/mol. The summed E-state index contributed by atoms with van der Waals surface area (Å²) < 4.78 is 47.6. The molecule has 0 radical (unpaired) electrons. The van der Waals surface area contributed by atoms with E-state index in [1.807, 2.05) is 36.2 Å². The van der Waals surface area contributed by atoms with Gasteiger partial charge in [0.05, 0.1) is 12.1 Å². The molecule has 0 aromatic heterocycles. The molecule has 2 saturated heterocycles. The highest BCUT2D eigenvalue weighted by Gasteiger charge is 2.36. The third-order valence-corrected chi connectivity index (χ3v) is 6.58. The highest BCUT2D eigenvalue weighted by atomic mass is 35.5. The van der Waals surface area contributed by atoms with Crippen LogP contribution in [0.15, 0.2) is 48.2 Å². The van der Waals surface area contributed by atoms with E-state index in [4.69, 9.17) is 4.74 Å². The van der Waals surface area contributed by atoms with Crippen LogP contribution in [0.1, 0.15) is 37.5 Å². The van der Waals surface area contributed by atoms with E-state index in [2.05, 4.69) is 25.7 Å². The Bertz CT molecular complexity index is 1100. The maximum Gasteiger partial charge on any atom is 0.417 e. The Balaban J connectivity index is 0.00000361. The minimum Gasteiger partial charge on any atom is -0.486 e. The van der Waals surface area contributed by atoms with Crippen molar-refractivity contribution in [3.63, 3.8) is 0 Å². The van der Waals surface area contributed by atoms with Gasteiger partial charge in [0, 0.05) is 43.1 Å². The van der Waals surface area contributed by atoms with Crippen molar-refractivity contribution in [2.45, 2.75) is 32.4 Å². The molecule has 1 amide bonds. The van der Waals surface area contributed by atoms with Crippen LogP contribution in [0.25, 0.3) is 6.08 Å². The number of carbonyl (C=O) groups is 1. The van der Waals surface area contributed by atoms with E-state index in [1.165, 1.54) is 12.1 Å². The standard InChI is InChI=1S/C27H32F3N3O2.ClH/c1-26(2,3)19-8-10-20(11-9-19)33-16-17-35-24(25(33)34)18-21-22(27(28,29)30)6-5-7-23(21)32-14-12-31(4)13-15-32;/h5-11,18H,12-17H2,1-4H3;1H. The number of anilines is 2. The van der Waals surface area contributed by atoms with Crippen molar-refractivity contribution in [3.05, 3.63) is 64.9 Å². The van der Waals surface area contributed by atoms with Crippen molar-refractivity contribution in [2.75, 3.05) is 56.2 Å². The van der Waals surface area contributed by atoms with E-state index in [-0.39, 0.29) is 35.8 Å². The first kappa shape index (κ1) is 27.9. The molecule has 0 aliphatic carbocycles. The number of amides is 1. The zero-order valence-corrected chi connectivity index (χ0v) is 21.9. The summed E-state index contributed by atoms with van der Waals surface area (Å²) in [5.41, 5.74) is 1.46. The smallest absolute Gasteiger partial charge is 0.417 e. The zero-order valence-electron chi connectivity index (χ0n) is 21.1. The Morgan fingerprint density at radius 3 is 2.14 bits per heavy atom. The van der Waals surface area contributed by atoms with E-state index < -0.39 is 17.6 Å². The Morgan fingerprint density at radius 1 is 0.917 bits per heavy atom. The lowest BCUT2D eigenvalue weighted by Gasteiger charge is -2.35. The zero-order chi connectivity index (χ0) is 25.4. The summed E-state index contributed by atoms with van der Waals surface area (Å²) in [6, 6.07) is 11.9. The maximum atomic E-state index is 14.0. The maximum absolute atomic E-state index is 14.0. The third kappa shape index (κ3) is 5.98. The molecule has 2 aromatic carbocycles. The van der Waals surface area contributed by atoms with Crippen LogP contribution in [0.4, 0.5) is 24.5 Å². The SMILES string of the molecule is CN1CCN(c2cccc(C(F)(F)F)c2C=C2OCCN(c3ccc(C(C)(C)C)cc3)C2=O)CC1.Cl. The van der Waals surface area contributed by atoms with Gasteiger partial charge in [0.25, 0.3) is 5.91 Å². The lowest BCUT2D eigenvalue weighted by atomic mass is 9.87. The van der Waals surface area contributed by atoms with Crippen LogP contribution in [-0.4, -0.2) is 57.2 Å². The number of morpholine rings is 1. The van der Waals surface area contributed by atoms with Gasteiger partial charge in [0.1, 0.15) is 6.61 Å². The molecule has 5 nitrogen and oxygen atoms in total. The summed E-state index contributed by atoms with van der Waals surface area (Å²) in [5, 5.41) is 0. The van der Waals surface area contributed by atoms with Crippen LogP contribution in [0.2, 0.25) is 0 Å². The first-order valence-electron chi connectivity index (χ1n) is 11.9. The second-order valence-corrected chi connectivity index (χ2v) is 10.1. The molecule has 2 aliphatic rings. The number of ether oxygens (including phenoxy) is 1. The summed E-state index contributed by atoms with van der Waals surface area (Å²) >= 11 is 0. The Hall–Kier alpha value is -2.71. The first-order chi connectivity index (χ1) is 16.4. The van der Waals surface area contributed by atoms with E-state index in [9.17, 15) is 18.0 Å². The van der Waals surface area contributed by atoms with Gasteiger partial charge in [0.2, 0.25) is 0 Å². The molecule has 0 spiro atoms. The monoisotopic (exact) mass is 523 g/mol. The second-order valence-electron chi connectivity index (χ2n) is 10.1. The summed E-state index contributed by atoms with van der Waals surface area (Å²) in [6.45, 7) is 9.58. The van der Waals surface area contributed by atoms with Crippen LogP contribution >= 0.6 is 12.4 Å². The second kappa shape index (κ2) is 10.7. The largest absolute Gasteiger partial charge is 0.486 e. The first-order valence-corrected chi connectivity index (χ1v) is 11.9. The molecular formula is C27H33ClF3N3O2. The number of hydrogen-bond acceptors (Lipinski definition) is 4. The normalized spacial score (nSPS) is 18.8. The molecule has 9 heteroatoms. The number of hydrogen-bond donors (Lipinski definition) is 0. The van der Waals surface area contributed by atoms with Gasteiger partial charge in [-0.1, -0.05) is 39.0 Å². The number of benzene rings is 2. The van der Waals surface area contributed by atoms with Gasteiger partial charge < -0.3 is 19.4 Å². The summed E-state index contributed by atoms with van der Waals surface area (Å²) in [5.74, 6) is -0.524. The van der Waals surface area contributed by atoms with E-state index in [1.54, 1.807) is 11.0 Å². The average Bonchev–Trinajstić information content (AvgIpc) is 2.80. The lowest BCUT2D eigenvalue weighted by molar-refractivity contribution is -0.137. The molecule has 0 unspecified atom stereocenters. The van der Waals surface area contributed by atoms with Gasteiger partial charge in [-0.2, -0.15) is 13.2 Å². The van der Waals surface area contributed by atoms with Crippen LogP contribution < -0.4 is 9.80 Å². The van der Waals surface area contributed by atoms with Gasteiger partial charge in [-0.15, -0.1) is 12.4 Å². The van der Waals surface area contributed by atoms with Crippen molar-refractivity contribution in [1.29, 1.82) is 0 Å². The summed E-state index contributed by atoms with van der Waals surface area (Å²) in [6.07, 6.45) is -3.29. The Morgan fingerprint density at radius 2 is 1.56 bits per heavy atom. The number of carbonyl (C=O) groups excluding carboxylic acids is 1. The number of nitrogens with zero attached hydrogens (tertiary/aromatic N) is 3. The van der Waals surface area contributed by atoms with Gasteiger partial charge in [-0.25, -0.2) is 0 Å². The number of piperazine rings is 1. The van der Waals surface area contributed by atoms with Gasteiger partial charge in [-0.3, -0.25) is 4.79 Å². The quantitative estimate of drug-likeness (QED) is 0.492. The number of alkyl halides is 3. The molecule has 4 rings (SSSR count). The van der Waals surface area contributed by atoms with Crippen LogP contribution in [-0.2, 0) is 21.1 Å². The molecule has 0 atom stereocenters. The predicted octanol–water partition coefficient (Wildman–Crippen LogP) is 5.58. The predicted molar refractivity (Wildman–Crippen MR) is 140 cm³/mol. The third-order valence-electron chi connectivity index (χ3n) is 6.58.